The first-order valence-corrected chi connectivity index (χ1v) is 4.35. The van der Waals surface area contributed by atoms with Gasteiger partial charge in [0.15, 0.2) is 0 Å². The minimum absolute atomic E-state index is 0.326. The summed E-state index contributed by atoms with van der Waals surface area (Å²) in [5, 5.41) is 0. The van der Waals surface area contributed by atoms with Crippen LogP contribution in [0.25, 0.3) is 0 Å². The predicted molar refractivity (Wildman–Crippen MR) is 45.3 cm³/mol. The molecule has 3 nitrogen and oxygen atoms in total. The molecule has 1 atom stereocenters. The van der Waals surface area contributed by atoms with E-state index in [1.165, 1.54) is 12.8 Å². The van der Waals surface area contributed by atoms with Crippen LogP contribution in [0.1, 0.15) is 19.3 Å². The maximum atomic E-state index is 5.48. The molecule has 1 fully saturated rings. The summed E-state index contributed by atoms with van der Waals surface area (Å²) >= 11 is 0. The van der Waals surface area contributed by atoms with Crippen molar-refractivity contribution in [2.75, 3.05) is 26.7 Å². The number of nitrogens with zero attached hydrogens (tertiary/aromatic N) is 1. The molecule has 0 aromatic rings. The fourth-order valence-electron chi connectivity index (χ4n) is 1.65. The van der Waals surface area contributed by atoms with Gasteiger partial charge in [0.05, 0.1) is 0 Å². The Labute approximate surface area is 68.5 Å². The van der Waals surface area contributed by atoms with Crippen molar-refractivity contribution in [3.05, 3.63) is 0 Å². The molecule has 0 spiro atoms. The summed E-state index contributed by atoms with van der Waals surface area (Å²) in [6.07, 6.45) is 4.07. The summed E-state index contributed by atoms with van der Waals surface area (Å²) in [6, 6.07) is 0. The van der Waals surface area contributed by atoms with Crippen molar-refractivity contribution in [3.8, 4) is 0 Å². The lowest BCUT2D eigenvalue weighted by atomic mass is 10.1. The molecule has 0 aliphatic carbocycles. The first kappa shape index (κ1) is 8.97. The van der Waals surface area contributed by atoms with E-state index >= 15 is 0 Å². The number of nitrogens with two attached hydrogens (primary N) is 1. The van der Waals surface area contributed by atoms with E-state index in [1.54, 1.807) is 7.11 Å². The van der Waals surface area contributed by atoms with Gasteiger partial charge in [0.25, 0.3) is 0 Å². The zero-order valence-corrected chi connectivity index (χ0v) is 7.25. The van der Waals surface area contributed by atoms with Gasteiger partial charge in [0.2, 0.25) is 0 Å². The minimum atomic E-state index is 0.326. The van der Waals surface area contributed by atoms with Crippen LogP contribution in [0.4, 0.5) is 0 Å². The lowest BCUT2D eigenvalue weighted by Gasteiger charge is -2.33. The van der Waals surface area contributed by atoms with Gasteiger partial charge in [-0.2, -0.15) is 0 Å². The summed E-state index contributed by atoms with van der Waals surface area (Å²) < 4.78 is 5.33. The number of likely N-dealkylation sites (tertiary alicyclic amines) is 1. The molecule has 3 heteroatoms. The molecule has 0 aromatic heterocycles. The van der Waals surface area contributed by atoms with E-state index in [1.807, 2.05) is 0 Å². The zero-order valence-electron chi connectivity index (χ0n) is 7.25. The number of ether oxygens (including phenoxy) is 1. The molecular formula is C8H18N2O. The van der Waals surface area contributed by atoms with Crippen LogP contribution >= 0.6 is 0 Å². The molecule has 11 heavy (non-hydrogen) atoms. The minimum Gasteiger partial charge on any atom is -0.366 e. The van der Waals surface area contributed by atoms with Crippen molar-refractivity contribution < 1.29 is 4.74 Å². The summed E-state index contributed by atoms with van der Waals surface area (Å²) in [5.74, 6) is 0. The highest BCUT2D eigenvalue weighted by Crippen LogP contribution is 2.16. The SMILES string of the molecule is CO[C@H]1CCCCN1CCN. The smallest absolute Gasteiger partial charge is 0.110 e. The van der Waals surface area contributed by atoms with Gasteiger partial charge in [-0.05, 0) is 19.3 Å². The Balaban J connectivity index is 2.31. The molecule has 0 unspecified atom stereocenters. The van der Waals surface area contributed by atoms with Crippen molar-refractivity contribution >= 4 is 0 Å². The molecular weight excluding hydrogens is 140 g/mol. The van der Waals surface area contributed by atoms with E-state index in [2.05, 4.69) is 4.90 Å². The van der Waals surface area contributed by atoms with E-state index in [-0.39, 0.29) is 0 Å². The second-order valence-corrected chi connectivity index (χ2v) is 3.01. The first-order chi connectivity index (χ1) is 5.38. The molecule has 1 saturated heterocycles. The van der Waals surface area contributed by atoms with Crippen LogP contribution in [0.15, 0.2) is 0 Å². The number of hydrogen-bond donors (Lipinski definition) is 1. The van der Waals surface area contributed by atoms with Crippen LogP contribution in [0, 0.1) is 0 Å². The second-order valence-electron chi connectivity index (χ2n) is 3.01. The molecule has 2 N–H and O–H groups in total. The Bertz CT molecular complexity index is 106. The summed E-state index contributed by atoms with van der Waals surface area (Å²) in [6.45, 7) is 2.86. The third-order valence-electron chi connectivity index (χ3n) is 2.24. The maximum absolute atomic E-state index is 5.48. The average molecular weight is 158 g/mol. The van der Waals surface area contributed by atoms with E-state index in [9.17, 15) is 0 Å². The summed E-state index contributed by atoms with van der Waals surface area (Å²) in [4.78, 5) is 2.32. The third kappa shape index (κ3) is 2.43. The van der Waals surface area contributed by atoms with E-state index in [4.69, 9.17) is 10.5 Å². The van der Waals surface area contributed by atoms with Gasteiger partial charge in [-0.25, -0.2) is 0 Å². The highest BCUT2D eigenvalue weighted by atomic mass is 16.5. The fourth-order valence-corrected chi connectivity index (χ4v) is 1.65. The molecule has 0 radical (unpaired) electrons. The molecule has 1 aliphatic heterocycles. The van der Waals surface area contributed by atoms with Crippen molar-refractivity contribution in [1.82, 2.24) is 4.90 Å². The first-order valence-electron chi connectivity index (χ1n) is 4.35. The van der Waals surface area contributed by atoms with E-state index < -0.39 is 0 Å². The number of rotatable bonds is 3. The van der Waals surface area contributed by atoms with Crippen molar-refractivity contribution in [2.45, 2.75) is 25.5 Å². The molecule has 1 aliphatic rings. The molecule has 0 aromatic carbocycles. The topological polar surface area (TPSA) is 38.5 Å². The lowest BCUT2D eigenvalue weighted by molar-refractivity contribution is -0.0534. The highest BCUT2D eigenvalue weighted by molar-refractivity contribution is 4.69. The summed E-state index contributed by atoms with van der Waals surface area (Å²) in [5.41, 5.74) is 5.48. The molecule has 1 heterocycles. The second kappa shape index (κ2) is 4.70. The normalized spacial score (nSPS) is 27.3. The van der Waals surface area contributed by atoms with Gasteiger partial charge in [0, 0.05) is 26.7 Å². The Kier molecular flexibility index (Phi) is 3.83. The summed E-state index contributed by atoms with van der Waals surface area (Å²) in [7, 11) is 1.78. The van der Waals surface area contributed by atoms with Gasteiger partial charge in [-0.3, -0.25) is 4.90 Å². The van der Waals surface area contributed by atoms with Gasteiger partial charge in [-0.15, -0.1) is 0 Å². The Morgan fingerprint density at radius 1 is 1.55 bits per heavy atom. The number of hydrogen-bond acceptors (Lipinski definition) is 3. The van der Waals surface area contributed by atoms with Gasteiger partial charge in [-0.1, -0.05) is 0 Å². The monoisotopic (exact) mass is 158 g/mol. The van der Waals surface area contributed by atoms with Crippen molar-refractivity contribution in [2.24, 2.45) is 5.73 Å². The third-order valence-corrected chi connectivity index (χ3v) is 2.24. The zero-order chi connectivity index (χ0) is 8.10. The van der Waals surface area contributed by atoms with Gasteiger partial charge in [0.1, 0.15) is 6.23 Å². The average Bonchev–Trinajstić information content (AvgIpc) is 2.06. The van der Waals surface area contributed by atoms with Crippen LogP contribution < -0.4 is 5.73 Å². The van der Waals surface area contributed by atoms with Crippen LogP contribution in [0.3, 0.4) is 0 Å². The highest BCUT2D eigenvalue weighted by Gasteiger charge is 2.20. The maximum Gasteiger partial charge on any atom is 0.110 e. The Morgan fingerprint density at radius 3 is 3.00 bits per heavy atom. The van der Waals surface area contributed by atoms with Gasteiger partial charge >= 0.3 is 0 Å². The standard InChI is InChI=1S/C8H18N2O/c1-11-8-4-2-3-6-10(8)7-5-9/h8H,2-7,9H2,1H3/t8-/m0/s1. The van der Waals surface area contributed by atoms with Crippen molar-refractivity contribution in [1.29, 1.82) is 0 Å². The number of piperidine rings is 1. The molecule has 1 rings (SSSR count). The Morgan fingerprint density at radius 2 is 2.36 bits per heavy atom. The molecule has 66 valence electrons. The molecule has 0 bridgehead atoms. The molecule has 0 amide bonds. The van der Waals surface area contributed by atoms with Crippen LogP contribution in [-0.2, 0) is 4.74 Å². The number of methoxy groups -OCH3 is 1. The van der Waals surface area contributed by atoms with Crippen LogP contribution in [0.5, 0.6) is 0 Å². The fraction of sp³-hybridized carbons (Fsp3) is 1.00. The van der Waals surface area contributed by atoms with Gasteiger partial charge < -0.3 is 10.5 Å². The van der Waals surface area contributed by atoms with Crippen LogP contribution in [-0.4, -0.2) is 37.9 Å². The lowest BCUT2D eigenvalue weighted by Crippen LogP contribution is -2.43. The van der Waals surface area contributed by atoms with Crippen LogP contribution in [0.2, 0.25) is 0 Å². The van der Waals surface area contributed by atoms with E-state index in [0.717, 1.165) is 26.1 Å². The van der Waals surface area contributed by atoms with E-state index in [0.29, 0.717) is 6.23 Å². The largest absolute Gasteiger partial charge is 0.366 e. The molecule has 0 saturated carbocycles. The quantitative estimate of drug-likeness (QED) is 0.646. The predicted octanol–water partition coefficient (Wildman–Crippen LogP) is 0.404. The Hall–Kier alpha value is -0.120. The van der Waals surface area contributed by atoms with Crippen molar-refractivity contribution in [3.63, 3.8) is 0 Å².